The molecule has 0 atom stereocenters. The Morgan fingerprint density at radius 2 is 1.63 bits per heavy atom. The topological polar surface area (TPSA) is 88.2 Å². The van der Waals surface area contributed by atoms with Gasteiger partial charge in [0, 0.05) is 0 Å². The second-order valence-electron chi connectivity index (χ2n) is 5.52. The highest BCUT2D eigenvalue weighted by molar-refractivity contribution is 7.89. The van der Waals surface area contributed by atoms with Crippen LogP contribution in [0.25, 0.3) is 20.1 Å². The van der Waals surface area contributed by atoms with Crippen LogP contribution in [0.3, 0.4) is 0 Å². The average molecular weight is 416 g/mol. The fourth-order valence-corrected chi connectivity index (χ4v) is 5.17. The zero-order valence-corrected chi connectivity index (χ0v) is 16.2. The van der Waals surface area contributed by atoms with Gasteiger partial charge >= 0.3 is 0 Å². The summed E-state index contributed by atoms with van der Waals surface area (Å²) in [6.07, 6.45) is 0. The number of carbonyl (C=O) groups is 1. The zero-order valence-electron chi connectivity index (χ0n) is 13.7. The van der Waals surface area contributed by atoms with Crippen molar-refractivity contribution in [3.8, 4) is 9.88 Å². The minimum Gasteiger partial charge on any atom is -0.273 e. The van der Waals surface area contributed by atoms with Crippen molar-refractivity contribution in [1.82, 2.24) is 15.2 Å². The number of rotatable bonds is 5. The van der Waals surface area contributed by atoms with Crippen molar-refractivity contribution in [2.75, 3.05) is 0 Å². The molecule has 2 aromatic carbocycles. The predicted molar refractivity (Wildman–Crippen MR) is 107 cm³/mol. The lowest BCUT2D eigenvalue weighted by Crippen LogP contribution is -2.41. The number of nitrogens with one attached hydrogen (secondary N) is 2. The minimum atomic E-state index is -3.81. The Kier molecular flexibility index (Phi) is 4.75. The predicted octanol–water partition coefficient (Wildman–Crippen LogP) is 3.65. The molecule has 0 aliphatic carbocycles. The van der Waals surface area contributed by atoms with Crippen LogP contribution in [0.2, 0.25) is 0 Å². The molecular formula is C18H13N3O3S3. The molecule has 2 heterocycles. The van der Waals surface area contributed by atoms with E-state index in [0.717, 1.165) is 20.1 Å². The van der Waals surface area contributed by atoms with E-state index in [-0.39, 0.29) is 4.90 Å². The van der Waals surface area contributed by atoms with Gasteiger partial charge in [-0.2, -0.15) is 0 Å². The summed E-state index contributed by atoms with van der Waals surface area (Å²) in [4.78, 5) is 20.3. The van der Waals surface area contributed by atoms with Crippen molar-refractivity contribution in [3.05, 3.63) is 71.6 Å². The maximum atomic E-state index is 12.3. The number of carbonyl (C=O) groups excluding carboxylic acids is 1. The Bertz CT molecular complexity index is 1180. The number of para-hydroxylation sites is 1. The molecule has 27 heavy (non-hydrogen) atoms. The highest BCUT2D eigenvalue weighted by Crippen LogP contribution is 2.34. The van der Waals surface area contributed by atoms with E-state index in [1.165, 1.54) is 23.5 Å². The average Bonchev–Trinajstić information content (AvgIpc) is 3.33. The molecule has 0 spiro atoms. The van der Waals surface area contributed by atoms with E-state index >= 15 is 0 Å². The monoisotopic (exact) mass is 415 g/mol. The van der Waals surface area contributed by atoms with Gasteiger partial charge in [-0.05, 0) is 36.4 Å². The third-order valence-electron chi connectivity index (χ3n) is 3.69. The maximum Gasteiger partial charge on any atom is 0.276 e. The summed E-state index contributed by atoms with van der Waals surface area (Å²) < 4.78 is 25.4. The molecule has 6 nitrogen and oxygen atoms in total. The van der Waals surface area contributed by atoms with Gasteiger partial charge in [-0.1, -0.05) is 30.3 Å². The summed E-state index contributed by atoms with van der Waals surface area (Å²) in [7, 11) is -3.81. The molecule has 0 fully saturated rings. The van der Waals surface area contributed by atoms with E-state index < -0.39 is 15.9 Å². The SMILES string of the molecule is O=C(NNS(=O)(=O)c1ccccc1)c1ccc(-c2nc3ccccc3s2)s1. The first kappa shape index (κ1) is 17.8. The van der Waals surface area contributed by atoms with Gasteiger partial charge < -0.3 is 0 Å². The Labute approximate surface area is 163 Å². The Hall–Kier alpha value is -2.59. The third kappa shape index (κ3) is 3.76. The minimum absolute atomic E-state index is 0.0756. The number of hydrogen-bond acceptors (Lipinski definition) is 6. The van der Waals surface area contributed by atoms with Crippen LogP contribution in [0, 0.1) is 0 Å². The van der Waals surface area contributed by atoms with Crippen LogP contribution in [0.4, 0.5) is 0 Å². The number of aromatic nitrogens is 1. The number of amides is 1. The summed E-state index contributed by atoms with van der Waals surface area (Å²) in [5.41, 5.74) is 3.16. The highest BCUT2D eigenvalue weighted by atomic mass is 32.2. The number of fused-ring (bicyclic) bond motifs is 1. The molecule has 0 saturated carbocycles. The third-order valence-corrected chi connectivity index (χ3v) is 7.24. The highest BCUT2D eigenvalue weighted by Gasteiger charge is 2.17. The lowest BCUT2D eigenvalue weighted by molar-refractivity contribution is 0.0949. The van der Waals surface area contributed by atoms with Gasteiger partial charge in [0.1, 0.15) is 5.01 Å². The molecule has 0 aliphatic rings. The summed E-state index contributed by atoms with van der Waals surface area (Å²) in [5.74, 6) is -0.521. The molecule has 136 valence electrons. The number of thiophene rings is 1. The first-order valence-corrected chi connectivity index (χ1v) is 11.0. The number of benzene rings is 2. The van der Waals surface area contributed by atoms with E-state index in [1.807, 2.05) is 30.3 Å². The van der Waals surface area contributed by atoms with E-state index in [4.69, 9.17) is 0 Å². The summed E-state index contributed by atoms with van der Waals surface area (Å²) in [6.45, 7) is 0. The van der Waals surface area contributed by atoms with Crippen LogP contribution in [0.1, 0.15) is 9.67 Å². The molecule has 0 aliphatic heterocycles. The Morgan fingerprint density at radius 3 is 2.41 bits per heavy atom. The molecular weight excluding hydrogens is 402 g/mol. The second-order valence-corrected chi connectivity index (χ2v) is 9.32. The summed E-state index contributed by atoms with van der Waals surface area (Å²) >= 11 is 2.80. The van der Waals surface area contributed by atoms with Crippen LogP contribution < -0.4 is 10.3 Å². The van der Waals surface area contributed by atoms with Crippen LogP contribution in [-0.2, 0) is 10.0 Å². The number of hydrazine groups is 1. The molecule has 1 amide bonds. The lowest BCUT2D eigenvalue weighted by atomic mass is 10.3. The Morgan fingerprint density at radius 1 is 0.889 bits per heavy atom. The van der Waals surface area contributed by atoms with Gasteiger partial charge in [0.05, 0.1) is 24.9 Å². The quantitative estimate of drug-likeness (QED) is 0.487. The molecule has 0 unspecified atom stereocenters. The number of sulfonamides is 1. The first-order valence-electron chi connectivity index (χ1n) is 7.86. The first-order chi connectivity index (χ1) is 13.0. The van der Waals surface area contributed by atoms with Crippen molar-refractivity contribution in [3.63, 3.8) is 0 Å². The van der Waals surface area contributed by atoms with Crippen molar-refractivity contribution in [2.45, 2.75) is 4.90 Å². The van der Waals surface area contributed by atoms with Gasteiger partial charge in [0.25, 0.3) is 15.9 Å². The molecule has 0 bridgehead atoms. The Balaban J connectivity index is 1.49. The second kappa shape index (κ2) is 7.20. The smallest absolute Gasteiger partial charge is 0.273 e. The number of hydrogen-bond donors (Lipinski definition) is 2. The fourth-order valence-electron chi connectivity index (χ4n) is 2.39. The van der Waals surface area contributed by atoms with Crippen molar-refractivity contribution < 1.29 is 13.2 Å². The van der Waals surface area contributed by atoms with Crippen LogP contribution in [-0.4, -0.2) is 19.3 Å². The van der Waals surface area contributed by atoms with E-state index in [0.29, 0.717) is 4.88 Å². The molecule has 0 radical (unpaired) electrons. The van der Waals surface area contributed by atoms with E-state index in [9.17, 15) is 13.2 Å². The summed E-state index contributed by atoms with van der Waals surface area (Å²) in [6, 6.07) is 19.1. The van der Waals surface area contributed by atoms with Gasteiger partial charge in [0.2, 0.25) is 0 Å². The van der Waals surface area contributed by atoms with Crippen molar-refractivity contribution >= 4 is 48.8 Å². The van der Waals surface area contributed by atoms with Gasteiger partial charge in [-0.3, -0.25) is 10.2 Å². The maximum absolute atomic E-state index is 12.3. The fraction of sp³-hybridized carbons (Fsp3) is 0. The summed E-state index contributed by atoms with van der Waals surface area (Å²) in [5, 5.41) is 0.824. The van der Waals surface area contributed by atoms with Crippen LogP contribution in [0.15, 0.2) is 71.6 Å². The van der Waals surface area contributed by atoms with Crippen LogP contribution in [0.5, 0.6) is 0 Å². The molecule has 2 aromatic heterocycles. The molecule has 0 saturated heterocycles. The van der Waals surface area contributed by atoms with E-state index in [2.05, 4.69) is 15.2 Å². The van der Waals surface area contributed by atoms with Crippen molar-refractivity contribution in [1.29, 1.82) is 0 Å². The molecule has 9 heteroatoms. The lowest BCUT2D eigenvalue weighted by Gasteiger charge is -2.07. The standard InChI is InChI=1S/C18H13N3O3S3/c22-17(20-21-27(23,24)12-6-2-1-3-7-12)15-10-11-16(25-15)18-19-13-8-4-5-9-14(13)26-18/h1-11,21H,(H,20,22). The number of thiazole rings is 1. The number of nitrogens with zero attached hydrogens (tertiary/aromatic N) is 1. The molecule has 2 N–H and O–H groups in total. The van der Waals surface area contributed by atoms with Gasteiger partial charge in [-0.25, -0.2) is 13.4 Å². The van der Waals surface area contributed by atoms with Crippen LogP contribution >= 0.6 is 22.7 Å². The van der Waals surface area contributed by atoms with Crippen molar-refractivity contribution in [2.24, 2.45) is 0 Å². The van der Waals surface area contributed by atoms with Gasteiger partial charge in [0.15, 0.2) is 0 Å². The van der Waals surface area contributed by atoms with E-state index in [1.54, 1.807) is 35.6 Å². The van der Waals surface area contributed by atoms with Gasteiger partial charge in [-0.15, -0.1) is 27.5 Å². The molecule has 4 rings (SSSR count). The largest absolute Gasteiger partial charge is 0.276 e. The zero-order chi connectivity index (χ0) is 18.9. The normalized spacial score (nSPS) is 11.6. The molecule has 4 aromatic rings.